The average molecular weight is 397 g/mol. The Hall–Kier alpha value is -2.60. The van der Waals surface area contributed by atoms with Gasteiger partial charge in [-0.1, -0.05) is 30.3 Å². The van der Waals surface area contributed by atoms with Crippen molar-refractivity contribution >= 4 is 5.96 Å². The first-order valence-electron chi connectivity index (χ1n) is 10.5. The molecule has 3 N–H and O–H groups in total. The van der Waals surface area contributed by atoms with Gasteiger partial charge in [0.05, 0.1) is 13.1 Å². The third-order valence-electron chi connectivity index (χ3n) is 5.15. The first-order valence-corrected chi connectivity index (χ1v) is 10.5. The van der Waals surface area contributed by atoms with E-state index in [4.69, 9.17) is 4.74 Å². The second-order valence-electron chi connectivity index (χ2n) is 7.72. The number of benzene rings is 1. The fourth-order valence-corrected chi connectivity index (χ4v) is 3.46. The van der Waals surface area contributed by atoms with E-state index in [1.807, 2.05) is 49.4 Å². The van der Waals surface area contributed by atoms with Gasteiger partial charge in [0.15, 0.2) is 5.96 Å². The molecule has 0 spiro atoms. The molecule has 0 aliphatic heterocycles. The number of rotatable bonds is 8. The Balaban J connectivity index is 1.60. The highest BCUT2D eigenvalue weighted by atomic mass is 16.5. The second kappa shape index (κ2) is 10.3. The summed E-state index contributed by atoms with van der Waals surface area (Å²) in [6.07, 6.45) is 6.76. The van der Waals surface area contributed by atoms with E-state index in [1.54, 1.807) is 13.1 Å². The van der Waals surface area contributed by atoms with Crippen LogP contribution in [0.1, 0.15) is 50.7 Å². The van der Waals surface area contributed by atoms with E-state index in [9.17, 15) is 5.11 Å². The zero-order chi connectivity index (χ0) is 20.5. The summed E-state index contributed by atoms with van der Waals surface area (Å²) < 4.78 is 5.99. The van der Waals surface area contributed by atoms with Crippen molar-refractivity contribution in [1.82, 2.24) is 15.6 Å². The standard InChI is InChI=1S/C23H32N4O2/c1-3-24-22(27-17-23(2,28)19-9-5-4-6-10-19)26-16-18-13-14-25-21(15-18)29-20-11-7-8-12-20/h4-6,9-10,13-15,20,28H,3,7-8,11-12,16-17H2,1-2H3,(H2,24,26,27). The van der Waals surface area contributed by atoms with E-state index < -0.39 is 5.60 Å². The summed E-state index contributed by atoms with van der Waals surface area (Å²) in [6.45, 7) is 5.42. The van der Waals surface area contributed by atoms with Crippen molar-refractivity contribution < 1.29 is 9.84 Å². The minimum Gasteiger partial charge on any atom is -0.474 e. The van der Waals surface area contributed by atoms with Crippen LogP contribution in [0.5, 0.6) is 5.88 Å². The molecule has 0 radical (unpaired) electrons. The van der Waals surface area contributed by atoms with E-state index in [0.717, 1.165) is 30.5 Å². The zero-order valence-corrected chi connectivity index (χ0v) is 17.4. The summed E-state index contributed by atoms with van der Waals surface area (Å²) in [6, 6.07) is 13.6. The number of aromatic nitrogens is 1. The number of pyridine rings is 1. The molecule has 6 heteroatoms. The van der Waals surface area contributed by atoms with Gasteiger partial charge in [0.2, 0.25) is 5.88 Å². The number of aliphatic hydroxyl groups is 1. The van der Waals surface area contributed by atoms with Crippen LogP contribution >= 0.6 is 0 Å². The minimum absolute atomic E-state index is 0.292. The van der Waals surface area contributed by atoms with Crippen molar-refractivity contribution in [3.8, 4) is 5.88 Å². The van der Waals surface area contributed by atoms with Crippen LogP contribution in [0.25, 0.3) is 0 Å². The Kier molecular flexibility index (Phi) is 7.47. The zero-order valence-electron chi connectivity index (χ0n) is 17.4. The van der Waals surface area contributed by atoms with Gasteiger partial charge in [-0.3, -0.25) is 0 Å². The van der Waals surface area contributed by atoms with Gasteiger partial charge in [0.25, 0.3) is 0 Å². The molecule has 1 heterocycles. The second-order valence-corrected chi connectivity index (χ2v) is 7.72. The van der Waals surface area contributed by atoms with Crippen LogP contribution < -0.4 is 15.4 Å². The van der Waals surface area contributed by atoms with Gasteiger partial charge in [-0.2, -0.15) is 0 Å². The third kappa shape index (κ3) is 6.46. The van der Waals surface area contributed by atoms with Crippen molar-refractivity contribution in [2.45, 2.75) is 57.8 Å². The number of nitrogens with zero attached hydrogens (tertiary/aromatic N) is 2. The summed E-state index contributed by atoms with van der Waals surface area (Å²) in [5, 5.41) is 17.3. The van der Waals surface area contributed by atoms with E-state index >= 15 is 0 Å². The lowest BCUT2D eigenvalue weighted by Crippen LogP contribution is -2.44. The maximum Gasteiger partial charge on any atom is 0.213 e. The summed E-state index contributed by atoms with van der Waals surface area (Å²) in [7, 11) is 0. The molecule has 2 aromatic rings. The molecule has 1 fully saturated rings. The quantitative estimate of drug-likeness (QED) is 0.471. The fraction of sp³-hybridized carbons (Fsp3) is 0.478. The highest BCUT2D eigenvalue weighted by Gasteiger charge is 2.23. The summed E-state index contributed by atoms with van der Waals surface area (Å²) >= 11 is 0. The van der Waals surface area contributed by atoms with Gasteiger partial charge in [-0.05, 0) is 56.7 Å². The third-order valence-corrected chi connectivity index (χ3v) is 5.15. The molecular formula is C23H32N4O2. The molecule has 0 amide bonds. The number of aliphatic imine (C=N–C) groups is 1. The van der Waals surface area contributed by atoms with Gasteiger partial charge >= 0.3 is 0 Å². The monoisotopic (exact) mass is 396 g/mol. The van der Waals surface area contributed by atoms with Crippen LogP contribution in [-0.2, 0) is 12.1 Å². The molecule has 156 valence electrons. The van der Waals surface area contributed by atoms with Crippen LogP contribution in [0.3, 0.4) is 0 Å². The molecular weight excluding hydrogens is 364 g/mol. The Bertz CT molecular complexity index is 786. The minimum atomic E-state index is -0.990. The lowest BCUT2D eigenvalue weighted by atomic mass is 9.96. The molecule has 1 aromatic heterocycles. The van der Waals surface area contributed by atoms with Crippen molar-refractivity contribution in [2.75, 3.05) is 13.1 Å². The Morgan fingerprint density at radius 2 is 1.97 bits per heavy atom. The van der Waals surface area contributed by atoms with Crippen LogP contribution in [0.15, 0.2) is 53.7 Å². The number of ether oxygens (including phenoxy) is 1. The van der Waals surface area contributed by atoms with E-state index in [0.29, 0.717) is 31.0 Å². The smallest absolute Gasteiger partial charge is 0.213 e. The number of hydrogen-bond donors (Lipinski definition) is 3. The molecule has 1 atom stereocenters. The number of nitrogens with one attached hydrogen (secondary N) is 2. The van der Waals surface area contributed by atoms with Gasteiger partial charge in [-0.15, -0.1) is 0 Å². The van der Waals surface area contributed by atoms with Crippen molar-refractivity contribution in [2.24, 2.45) is 4.99 Å². The van der Waals surface area contributed by atoms with E-state index in [1.165, 1.54) is 12.8 Å². The molecule has 1 aliphatic rings. The highest BCUT2D eigenvalue weighted by Crippen LogP contribution is 2.23. The topological polar surface area (TPSA) is 78.8 Å². The van der Waals surface area contributed by atoms with Gasteiger partial charge in [0.1, 0.15) is 11.7 Å². The van der Waals surface area contributed by atoms with Gasteiger partial charge < -0.3 is 20.5 Å². The van der Waals surface area contributed by atoms with E-state index in [-0.39, 0.29) is 0 Å². The Morgan fingerprint density at radius 1 is 1.21 bits per heavy atom. The molecule has 29 heavy (non-hydrogen) atoms. The van der Waals surface area contributed by atoms with Crippen molar-refractivity contribution in [1.29, 1.82) is 0 Å². The Morgan fingerprint density at radius 3 is 2.69 bits per heavy atom. The van der Waals surface area contributed by atoms with Crippen LogP contribution in [-0.4, -0.2) is 35.2 Å². The van der Waals surface area contributed by atoms with Crippen LogP contribution in [0.4, 0.5) is 0 Å². The van der Waals surface area contributed by atoms with Gasteiger partial charge in [-0.25, -0.2) is 9.98 Å². The lowest BCUT2D eigenvalue weighted by molar-refractivity contribution is 0.0617. The lowest BCUT2D eigenvalue weighted by Gasteiger charge is -2.25. The predicted molar refractivity (Wildman–Crippen MR) is 116 cm³/mol. The molecule has 1 aliphatic carbocycles. The normalized spacial score (nSPS) is 17.0. The molecule has 1 saturated carbocycles. The first-order chi connectivity index (χ1) is 14.1. The molecule has 3 rings (SSSR count). The average Bonchev–Trinajstić information content (AvgIpc) is 3.24. The summed E-state index contributed by atoms with van der Waals surface area (Å²) in [5.41, 5.74) is 0.919. The molecule has 0 bridgehead atoms. The van der Waals surface area contributed by atoms with Crippen molar-refractivity contribution in [3.63, 3.8) is 0 Å². The summed E-state index contributed by atoms with van der Waals surface area (Å²) in [5.74, 6) is 1.34. The van der Waals surface area contributed by atoms with Gasteiger partial charge in [0, 0.05) is 18.8 Å². The maximum atomic E-state index is 10.8. The fourth-order valence-electron chi connectivity index (χ4n) is 3.46. The van der Waals surface area contributed by atoms with E-state index in [2.05, 4.69) is 20.6 Å². The first kappa shape index (κ1) is 21.1. The number of hydrogen-bond acceptors (Lipinski definition) is 4. The predicted octanol–water partition coefficient (Wildman–Crippen LogP) is 3.37. The highest BCUT2D eigenvalue weighted by molar-refractivity contribution is 5.79. The SMILES string of the molecule is CCNC(=NCc1ccnc(OC2CCCC2)c1)NCC(C)(O)c1ccccc1. The van der Waals surface area contributed by atoms with Crippen LogP contribution in [0, 0.1) is 0 Å². The number of guanidine groups is 1. The largest absolute Gasteiger partial charge is 0.474 e. The van der Waals surface area contributed by atoms with Crippen molar-refractivity contribution in [3.05, 3.63) is 59.8 Å². The molecule has 1 aromatic carbocycles. The molecule has 6 nitrogen and oxygen atoms in total. The maximum absolute atomic E-state index is 10.8. The molecule has 1 unspecified atom stereocenters. The summed E-state index contributed by atoms with van der Waals surface area (Å²) in [4.78, 5) is 8.99. The van der Waals surface area contributed by atoms with Crippen LogP contribution in [0.2, 0.25) is 0 Å². The molecule has 0 saturated heterocycles. The Labute approximate surface area is 173 Å².